The summed E-state index contributed by atoms with van der Waals surface area (Å²) >= 11 is 3.53. The molecule has 1 heterocycles. The molecule has 0 amide bonds. The Morgan fingerprint density at radius 3 is 2.69 bits per heavy atom. The van der Waals surface area contributed by atoms with E-state index in [0.29, 0.717) is 0 Å². The standard InChI is InChI=1S/C13H14BrNO/c1-9-11(6-7-16-9)13(15)8-10-4-2-3-5-12(10)14/h2-7,13H,8,15H2,1H3. The first-order valence-electron chi connectivity index (χ1n) is 5.21. The number of rotatable bonds is 3. The van der Waals surface area contributed by atoms with Gasteiger partial charge < -0.3 is 10.2 Å². The van der Waals surface area contributed by atoms with Crippen LogP contribution in [0.4, 0.5) is 0 Å². The predicted octanol–water partition coefficient (Wildman–Crippen LogP) is 3.59. The maximum Gasteiger partial charge on any atom is 0.105 e. The number of hydrogen-bond donors (Lipinski definition) is 1. The minimum atomic E-state index is -0.0163. The zero-order chi connectivity index (χ0) is 11.5. The lowest BCUT2D eigenvalue weighted by atomic mass is 10.0. The molecule has 0 aliphatic rings. The van der Waals surface area contributed by atoms with Gasteiger partial charge in [0.15, 0.2) is 0 Å². The van der Waals surface area contributed by atoms with E-state index in [-0.39, 0.29) is 6.04 Å². The van der Waals surface area contributed by atoms with E-state index in [4.69, 9.17) is 10.2 Å². The number of benzene rings is 1. The van der Waals surface area contributed by atoms with Crippen LogP contribution < -0.4 is 5.73 Å². The summed E-state index contributed by atoms with van der Waals surface area (Å²) in [4.78, 5) is 0. The van der Waals surface area contributed by atoms with E-state index >= 15 is 0 Å². The van der Waals surface area contributed by atoms with Gasteiger partial charge in [-0.3, -0.25) is 0 Å². The molecule has 2 N–H and O–H groups in total. The van der Waals surface area contributed by atoms with E-state index in [0.717, 1.165) is 22.2 Å². The van der Waals surface area contributed by atoms with Crippen molar-refractivity contribution in [3.63, 3.8) is 0 Å². The van der Waals surface area contributed by atoms with Crippen LogP contribution in [0.5, 0.6) is 0 Å². The van der Waals surface area contributed by atoms with Crippen molar-refractivity contribution in [2.45, 2.75) is 19.4 Å². The molecule has 0 aliphatic heterocycles. The summed E-state index contributed by atoms with van der Waals surface area (Å²) in [6.07, 6.45) is 2.49. The zero-order valence-corrected chi connectivity index (χ0v) is 10.7. The number of nitrogens with two attached hydrogens (primary N) is 1. The average Bonchev–Trinajstić information content (AvgIpc) is 2.68. The Morgan fingerprint density at radius 1 is 1.31 bits per heavy atom. The van der Waals surface area contributed by atoms with Crippen LogP contribution in [-0.4, -0.2) is 0 Å². The van der Waals surface area contributed by atoms with E-state index in [2.05, 4.69) is 22.0 Å². The molecule has 0 aliphatic carbocycles. The average molecular weight is 280 g/mol. The second-order valence-electron chi connectivity index (χ2n) is 3.83. The van der Waals surface area contributed by atoms with Crippen LogP contribution in [0.1, 0.15) is 22.9 Å². The van der Waals surface area contributed by atoms with E-state index in [1.807, 2.05) is 31.2 Å². The molecule has 0 saturated carbocycles. The van der Waals surface area contributed by atoms with Crippen molar-refractivity contribution in [1.82, 2.24) is 0 Å². The molecule has 84 valence electrons. The van der Waals surface area contributed by atoms with Crippen molar-refractivity contribution in [3.05, 3.63) is 58.0 Å². The smallest absolute Gasteiger partial charge is 0.105 e. The van der Waals surface area contributed by atoms with Crippen LogP contribution in [0.2, 0.25) is 0 Å². The number of halogens is 1. The number of furan rings is 1. The molecule has 0 bridgehead atoms. The maximum atomic E-state index is 6.16. The summed E-state index contributed by atoms with van der Waals surface area (Å²) in [6, 6.07) is 10.1. The molecule has 2 nitrogen and oxygen atoms in total. The van der Waals surface area contributed by atoms with E-state index in [9.17, 15) is 0 Å². The van der Waals surface area contributed by atoms with Crippen molar-refractivity contribution in [1.29, 1.82) is 0 Å². The summed E-state index contributed by atoms with van der Waals surface area (Å²) < 4.78 is 6.37. The molecular weight excluding hydrogens is 266 g/mol. The topological polar surface area (TPSA) is 39.2 Å². The highest BCUT2D eigenvalue weighted by molar-refractivity contribution is 9.10. The van der Waals surface area contributed by atoms with Crippen molar-refractivity contribution in [2.75, 3.05) is 0 Å². The predicted molar refractivity (Wildman–Crippen MR) is 68.2 cm³/mol. The van der Waals surface area contributed by atoms with Crippen LogP contribution in [-0.2, 0) is 6.42 Å². The number of hydrogen-bond acceptors (Lipinski definition) is 2. The van der Waals surface area contributed by atoms with Gasteiger partial charge in [0, 0.05) is 16.1 Å². The molecule has 0 fully saturated rings. The van der Waals surface area contributed by atoms with Crippen molar-refractivity contribution in [2.24, 2.45) is 5.73 Å². The van der Waals surface area contributed by atoms with Crippen LogP contribution >= 0.6 is 15.9 Å². The third-order valence-electron chi connectivity index (χ3n) is 2.70. The highest BCUT2D eigenvalue weighted by Crippen LogP contribution is 2.24. The fourth-order valence-electron chi connectivity index (χ4n) is 1.79. The molecule has 3 heteroatoms. The largest absolute Gasteiger partial charge is 0.469 e. The van der Waals surface area contributed by atoms with Gasteiger partial charge in [0.05, 0.1) is 6.26 Å². The van der Waals surface area contributed by atoms with Crippen LogP contribution in [0.25, 0.3) is 0 Å². The monoisotopic (exact) mass is 279 g/mol. The molecule has 1 aromatic heterocycles. The summed E-state index contributed by atoms with van der Waals surface area (Å²) in [6.45, 7) is 1.94. The van der Waals surface area contributed by atoms with Gasteiger partial charge in [-0.05, 0) is 31.0 Å². The highest BCUT2D eigenvalue weighted by Gasteiger charge is 2.12. The fourth-order valence-corrected chi connectivity index (χ4v) is 2.24. The first kappa shape index (κ1) is 11.4. The second-order valence-corrected chi connectivity index (χ2v) is 4.69. The van der Waals surface area contributed by atoms with Gasteiger partial charge in [-0.15, -0.1) is 0 Å². The first-order chi connectivity index (χ1) is 7.68. The summed E-state index contributed by atoms with van der Waals surface area (Å²) in [7, 11) is 0. The Morgan fingerprint density at radius 2 is 2.06 bits per heavy atom. The second kappa shape index (κ2) is 4.85. The third kappa shape index (κ3) is 2.36. The summed E-state index contributed by atoms with van der Waals surface area (Å²) in [5, 5.41) is 0. The van der Waals surface area contributed by atoms with E-state index in [1.54, 1.807) is 6.26 Å². The Bertz CT molecular complexity index is 478. The van der Waals surface area contributed by atoms with Crippen molar-refractivity contribution >= 4 is 15.9 Å². The lowest BCUT2D eigenvalue weighted by Crippen LogP contribution is -2.13. The molecule has 1 aromatic carbocycles. The molecule has 16 heavy (non-hydrogen) atoms. The van der Waals surface area contributed by atoms with Gasteiger partial charge in [0.25, 0.3) is 0 Å². The zero-order valence-electron chi connectivity index (χ0n) is 9.11. The molecule has 2 aromatic rings. The van der Waals surface area contributed by atoms with Gasteiger partial charge in [-0.1, -0.05) is 34.1 Å². The van der Waals surface area contributed by atoms with Gasteiger partial charge >= 0.3 is 0 Å². The summed E-state index contributed by atoms with van der Waals surface area (Å²) in [5.41, 5.74) is 8.46. The van der Waals surface area contributed by atoms with Gasteiger partial charge in [0.2, 0.25) is 0 Å². The Balaban J connectivity index is 2.17. The SMILES string of the molecule is Cc1occc1C(N)Cc1ccccc1Br. The van der Waals surface area contributed by atoms with Crippen LogP contribution in [0, 0.1) is 6.92 Å². The molecule has 1 atom stereocenters. The molecule has 0 saturated heterocycles. The Kier molecular flexibility index (Phi) is 3.46. The van der Waals surface area contributed by atoms with Gasteiger partial charge in [-0.2, -0.15) is 0 Å². The molecule has 2 rings (SSSR count). The van der Waals surface area contributed by atoms with Gasteiger partial charge in [-0.25, -0.2) is 0 Å². The lowest BCUT2D eigenvalue weighted by molar-refractivity contribution is 0.524. The van der Waals surface area contributed by atoms with Crippen molar-refractivity contribution in [3.8, 4) is 0 Å². The Hall–Kier alpha value is -1.06. The van der Waals surface area contributed by atoms with E-state index < -0.39 is 0 Å². The van der Waals surface area contributed by atoms with E-state index in [1.165, 1.54) is 5.56 Å². The summed E-state index contributed by atoms with van der Waals surface area (Å²) in [5.74, 6) is 0.902. The maximum absolute atomic E-state index is 6.16. The normalized spacial score (nSPS) is 12.7. The molecule has 1 unspecified atom stereocenters. The Labute approximate surface area is 104 Å². The number of aryl methyl sites for hydroxylation is 1. The first-order valence-corrected chi connectivity index (χ1v) is 6.00. The highest BCUT2D eigenvalue weighted by atomic mass is 79.9. The fraction of sp³-hybridized carbons (Fsp3) is 0.231. The molecular formula is C13H14BrNO. The third-order valence-corrected chi connectivity index (χ3v) is 3.47. The quantitative estimate of drug-likeness (QED) is 0.933. The van der Waals surface area contributed by atoms with Gasteiger partial charge in [0.1, 0.15) is 5.76 Å². The van der Waals surface area contributed by atoms with Crippen LogP contribution in [0.15, 0.2) is 45.5 Å². The van der Waals surface area contributed by atoms with Crippen molar-refractivity contribution < 1.29 is 4.42 Å². The minimum Gasteiger partial charge on any atom is -0.469 e. The molecule has 0 radical (unpaired) electrons. The lowest BCUT2D eigenvalue weighted by Gasteiger charge is -2.12. The minimum absolute atomic E-state index is 0.0163. The molecule has 0 spiro atoms. The van der Waals surface area contributed by atoms with Crippen LogP contribution in [0.3, 0.4) is 0 Å².